The molecule has 0 unspecified atom stereocenters. The van der Waals surface area contributed by atoms with Crippen molar-refractivity contribution in [2.75, 3.05) is 5.32 Å². The first-order valence-electron chi connectivity index (χ1n) is 9.92. The maximum absolute atomic E-state index is 13.0. The summed E-state index contributed by atoms with van der Waals surface area (Å²) in [4.78, 5) is 25.0. The van der Waals surface area contributed by atoms with Crippen molar-refractivity contribution in [2.45, 2.75) is 61.5 Å². The first kappa shape index (κ1) is 19.8. The summed E-state index contributed by atoms with van der Waals surface area (Å²) in [7, 11) is -3.27. The minimum absolute atomic E-state index is 0.146. The van der Waals surface area contributed by atoms with Crippen LogP contribution in [0, 0.1) is 12.8 Å². The van der Waals surface area contributed by atoms with Crippen molar-refractivity contribution in [1.29, 1.82) is 0 Å². The molecule has 2 fully saturated rings. The minimum Gasteiger partial charge on any atom is -0.360 e. The van der Waals surface area contributed by atoms with Gasteiger partial charge in [0.25, 0.3) is 0 Å². The highest BCUT2D eigenvalue weighted by Gasteiger charge is 2.37. The Hall–Kier alpha value is -2.48. The van der Waals surface area contributed by atoms with Crippen LogP contribution in [0.2, 0.25) is 0 Å². The molecule has 1 aromatic heterocycles. The summed E-state index contributed by atoms with van der Waals surface area (Å²) in [5, 5.41) is 6.31. The number of carbonyl (C=O) groups is 2. The van der Waals surface area contributed by atoms with E-state index >= 15 is 0 Å². The lowest BCUT2D eigenvalue weighted by Gasteiger charge is -2.20. The van der Waals surface area contributed by atoms with Gasteiger partial charge in [-0.15, -0.1) is 0 Å². The number of aromatic nitrogens is 1. The Kier molecular flexibility index (Phi) is 5.29. The molecule has 0 aliphatic heterocycles. The number of nitrogens with one attached hydrogen (secondary N) is 1. The normalized spacial score (nSPS) is 20.6. The largest absolute Gasteiger partial charge is 0.360 e. The standard InChI is InChI=1S/C21H24N2O5S/c1-13-10-20(23-28-13)22-21(25)19(12-14-2-5-16(24)11-14)15-3-6-17(7-4-15)29(26,27)18-8-9-18/h3-4,6-7,10,14,18-19H,2,5,8-9,11-12H2,1H3,(H,22,23,25)/t14-,19+/m0/s1. The summed E-state index contributed by atoms with van der Waals surface area (Å²) < 4.78 is 29.9. The second kappa shape index (κ2) is 7.74. The highest BCUT2D eigenvalue weighted by molar-refractivity contribution is 7.92. The number of sulfone groups is 1. The third-order valence-electron chi connectivity index (χ3n) is 5.69. The molecule has 0 bridgehead atoms. The molecule has 2 aliphatic rings. The number of hydrogen-bond acceptors (Lipinski definition) is 6. The predicted molar refractivity (Wildman–Crippen MR) is 106 cm³/mol. The summed E-state index contributed by atoms with van der Waals surface area (Å²) in [5.74, 6) is 0.566. The van der Waals surface area contributed by atoms with E-state index in [2.05, 4.69) is 10.5 Å². The number of ketones is 1. The van der Waals surface area contributed by atoms with Crippen LogP contribution in [-0.2, 0) is 19.4 Å². The van der Waals surface area contributed by atoms with Crippen molar-refractivity contribution in [2.24, 2.45) is 5.92 Å². The zero-order chi connectivity index (χ0) is 20.6. The smallest absolute Gasteiger partial charge is 0.233 e. The van der Waals surface area contributed by atoms with Gasteiger partial charge in [-0.25, -0.2) is 8.42 Å². The summed E-state index contributed by atoms with van der Waals surface area (Å²) in [6.07, 6.45) is 3.77. The van der Waals surface area contributed by atoms with Crippen LogP contribution >= 0.6 is 0 Å². The Labute approximate surface area is 169 Å². The number of aryl methyl sites for hydroxylation is 1. The van der Waals surface area contributed by atoms with Gasteiger partial charge >= 0.3 is 0 Å². The van der Waals surface area contributed by atoms with Crippen molar-refractivity contribution < 1.29 is 22.5 Å². The lowest BCUT2D eigenvalue weighted by molar-refractivity contribution is -0.119. The van der Waals surface area contributed by atoms with Crippen molar-refractivity contribution in [3.63, 3.8) is 0 Å². The van der Waals surface area contributed by atoms with E-state index in [0.29, 0.717) is 48.6 Å². The van der Waals surface area contributed by atoms with Crippen molar-refractivity contribution in [1.82, 2.24) is 5.16 Å². The van der Waals surface area contributed by atoms with Crippen LogP contribution in [0.1, 0.15) is 55.8 Å². The van der Waals surface area contributed by atoms with Crippen molar-refractivity contribution >= 4 is 27.3 Å². The van der Waals surface area contributed by atoms with Gasteiger partial charge in [0, 0.05) is 18.9 Å². The monoisotopic (exact) mass is 416 g/mol. The average molecular weight is 416 g/mol. The zero-order valence-corrected chi connectivity index (χ0v) is 17.1. The van der Waals surface area contributed by atoms with Crippen LogP contribution in [0.4, 0.5) is 5.82 Å². The molecule has 2 saturated carbocycles. The number of Topliss-reactive ketones (excluding diaryl/α,β-unsaturated/α-hetero) is 1. The van der Waals surface area contributed by atoms with Crippen LogP contribution in [0.15, 0.2) is 39.8 Å². The van der Waals surface area contributed by atoms with Crippen molar-refractivity contribution in [3.8, 4) is 0 Å². The molecule has 1 heterocycles. The Morgan fingerprint density at radius 3 is 2.52 bits per heavy atom. The molecule has 29 heavy (non-hydrogen) atoms. The summed E-state index contributed by atoms with van der Waals surface area (Å²) >= 11 is 0. The molecule has 2 aromatic rings. The molecule has 7 nitrogen and oxygen atoms in total. The molecule has 0 saturated heterocycles. The van der Waals surface area contributed by atoms with E-state index < -0.39 is 15.8 Å². The highest BCUT2D eigenvalue weighted by atomic mass is 32.2. The first-order chi connectivity index (χ1) is 13.8. The van der Waals surface area contributed by atoms with Gasteiger partial charge in [0.05, 0.1) is 16.1 Å². The quantitative estimate of drug-likeness (QED) is 0.741. The number of amides is 1. The number of nitrogens with zero attached hydrogens (tertiary/aromatic N) is 1. The van der Waals surface area contributed by atoms with E-state index in [0.717, 1.165) is 12.0 Å². The molecule has 1 N–H and O–H groups in total. The number of anilines is 1. The number of rotatable bonds is 7. The molecule has 2 aliphatic carbocycles. The van der Waals surface area contributed by atoms with Gasteiger partial charge in [-0.05, 0) is 56.2 Å². The molecule has 8 heteroatoms. The molecule has 154 valence electrons. The van der Waals surface area contributed by atoms with Crippen LogP contribution in [-0.4, -0.2) is 30.5 Å². The first-order valence-corrected chi connectivity index (χ1v) is 11.5. The van der Waals surface area contributed by atoms with Crippen LogP contribution in [0.25, 0.3) is 0 Å². The molecule has 0 radical (unpaired) electrons. The minimum atomic E-state index is -3.27. The van der Waals surface area contributed by atoms with Gasteiger partial charge in [-0.3, -0.25) is 9.59 Å². The molecule has 1 aromatic carbocycles. The van der Waals surface area contributed by atoms with Crippen LogP contribution < -0.4 is 5.32 Å². The van der Waals surface area contributed by atoms with Gasteiger partial charge in [0.2, 0.25) is 5.91 Å². The van der Waals surface area contributed by atoms with Gasteiger partial charge in [0.1, 0.15) is 11.5 Å². The van der Waals surface area contributed by atoms with Gasteiger partial charge in [0.15, 0.2) is 15.7 Å². The Balaban J connectivity index is 1.56. The van der Waals surface area contributed by atoms with Crippen molar-refractivity contribution in [3.05, 3.63) is 41.7 Å². The maximum atomic E-state index is 13.0. The van der Waals surface area contributed by atoms with E-state index in [9.17, 15) is 18.0 Å². The fraction of sp³-hybridized carbons (Fsp3) is 0.476. The molecule has 0 spiro atoms. The molecule has 2 atom stereocenters. The lowest BCUT2D eigenvalue weighted by Crippen LogP contribution is -2.23. The Morgan fingerprint density at radius 2 is 1.97 bits per heavy atom. The Morgan fingerprint density at radius 1 is 1.24 bits per heavy atom. The average Bonchev–Trinajstić information content (AvgIpc) is 3.37. The molecule has 1 amide bonds. The summed E-state index contributed by atoms with van der Waals surface area (Å²) in [6, 6.07) is 8.24. The van der Waals surface area contributed by atoms with Crippen LogP contribution in [0.3, 0.4) is 0 Å². The fourth-order valence-electron chi connectivity index (χ4n) is 3.92. The fourth-order valence-corrected chi connectivity index (χ4v) is 5.58. The Bertz CT molecular complexity index is 1020. The van der Waals surface area contributed by atoms with E-state index in [4.69, 9.17) is 4.52 Å². The predicted octanol–water partition coefficient (Wildman–Crippen LogP) is 3.40. The molecular formula is C21H24N2O5S. The highest BCUT2D eigenvalue weighted by Crippen LogP contribution is 2.36. The van der Waals surface area contributed by atoms with E-state index in [1.54, 1.807) is 37.3 Å². The van der Waals surface area contributed by atoms with Gasteiger partial charge in [-0.1, -0.05) is 17.3 Å². The number of benzene rings is 1. The second-order valence-electron chi connectivity index (χ2n) is 8.06. The SMILES string of the molecule is Cc1cc(NC(=O)[C@H](C[C@H]2CCC(=O)C2)c2ccc(S(=O)(=O)C3CC3)cc2)no1. The summed E-state index contributed by atoms with van der Waals surface area (Å²) in [5.41, 5.74) is 0.733. The lowest BCUT2D eigenvalue weighted by atomic mass is 9.87. The maximum Gasteiger partial charge on any atom is 0.233 e. The number of carbonyl (C=O) groups excluding carboxylic acids is 2. The van der Waals surface area contributed by atoms with Gasteiger partial charge < -0.3 is 9.84 Å². The second-order valence-corrected chi connectivity index (χ2v) is 10.3. The molecular weight excluding hydrogens is 392 g/mol. The summed E-state index contributed by atoms with van der Waals surface area (Å²) in [6.45, 7) is 1.74. The van der Waals surface area contributed by atoms with E-state index in [1.807, 2.05) is 0 Å². The zero-order valence-electron chi connectivity index (χ0n) is 16.3. The number of hydrogen-bond donors (Lipinski definition) is 1. The van der Waals surface area contributed by atoms with E-state index in [1.165, 1.54) is 0 Å². The topological polar surface area (TPSA) is 106 Å². The van der Waals surface area contributed by atoms with Gasteiger partial charge in [-0.2, -0.15) is 0 Å². The van der Waals surface area contributed by atoms with E-state index in [-0.39, 0.29) is 22.9 Å². The third-order valence-corrected chi connectivity index (χ3v) is 7.97. The van der Waals surface area contributed by atoms with Crippen LogP contribution in [0.5, 0.6) is 0 Å². The molecule has 4 rings (SSSR count). The third kappa shape index (κ3) is 4.42.